The molecule has 0 atom stereocenters. The van der Waals surface area contributed by atoms with Crippen molar-refractivity contribution in [1.29, 1.82) is 0 Å². The van der Waals surface area contributed by atoms with Crippen LogP contribution in [0.5, 0.6) is 5.75 Å². The third kappa shape index (κ3) is 5.61. The molecule has 5 nitrogen and oxygen atoms in total. The van der Waals surface area contributed by atoms with Crippen molar-refractivity contribution in [1.82, 2.24) is 15.1 Å². The topological polar surface area (TPSA) is 44.8 Å². The number of piperidine rings is 1. The molecule has 1 saturated carbocycles. The number of carbonyl (C=O) groups excluding carboxylic acids is 1. The highest BCUT2D eigenvalue weighted by molar-refractivity contribution is 5.75. The Kier molecular flexibility index (Phi) is 7.00. The first kappa shape index (κ1) is 20.0. The predicted molar refractivity (Wildman–Crippen MR) is 109 cm³/mol. The largest absolute Gasteiger partial charge is 0.494 e. The fourth-order valence-electron chi connectivity index (χ4n) is 3.87. The number of urea groups is 1. The zero-order valence-corrected chi connectivity index (χ0v) is 17.1. The molecule has 1 heterocycles. The van der Waals surface area contributed by atoms with Gasteiger partial charge in [-0.15, -0.1) is 0 Å². The quantitative estimate of drug-likeness (QED) is 0.752. The molecular weight excluding hydrogens is 338 g/mol. The number of amides is 2. The molecule has 1 aliphatic heterocycles. The molecule has 150 valence electrons. The molecule has 1 aliphatic carbocycles. The SMILES string of the molecule is CCOc1ccccc1CN(C(=O)NCC1CCN(C(C)C)CC1)C1CC1. The number of ether oxygens (including phenoxy) is 1. The minimum absolute atomic E-state index is 0.0788. The van der Waals surface area contributed by atoms with Crippen molar-refractivity contribution in [3.05, 3.63) is 29.8 Å². The summed E-state index contributed by atoms with van der Waals surface area (Å²) >= 11 is 0. The van der Waals surface area contributed by atoms with Gasteiger partial charge < -0.3 is 19.9 Å². The normalized spacial score (nSPS) is 18.5. The molecule has 1 saturated heterocycles. The fourth-order valence-corrected chi connectivity index (χ4v) is 3.87. The summed E-state index contributed by atoms with van der Waals surface area (Å²) in [5.41, 5.74) is 1.09. The second-order valence-electron chi connectivity index (χ2n) is 8.16. The van der Waals surface area contributed by atoms with E-state index < -0.39 is 0 Å². The Morgan fingerprint density at radius 1 is 1.22 bits per heavy atom. The summed E-state index contributed by atoms with van der Waals surface area (Å²) in [6, 6.07) is 9.14. The van der Waals surface area contributed by atoms with E-state index in [-0.39, 0.29) is 6.03 Å². The van der Waals surface area contributed by atoms with Crippen LogP contribution in [0.4, 0.5) is 4.79 Å². The second kappa shape index (κ2) is 9.45. The first-order valence-electron chi connectivity index (χ1n) is 10.6. The summed E-state index contributed by atoms with van der Waals surface area (Å²) in [7, 11) is 0. The van der Waals surface area contributed by atoms with Crippen LogP contribution in [0.2, 0.25) is 0 Å². The minimum Gasteiger partial charge on any atom is -0.494 e. The number of nitrogens with one attached hydrogen (secondary N) is 1. The summed E-state index contributed by atoms with van der Waals surface area (Å²) in [6.07, 6.45) is 4.57. The van der Waals surface area contributed by atoms with Gasteiger partial charge in [-0.25, -0.2) is 4.79 Å². The molecule has 1 aromatic carbocycles. The van der Waals surface area contributed by atoms with E-state index >= 15 is 0 Å². The van der Waals surface area contributed by atoms with E-state index in [1.807, 2.05) is 30.0 Å². The van der Waals surface area contributed by atoms with Gasteiger partial charge in [-0.05, 0) is 71.5 Å². The van der Waals surface area contributed by atoms with Crippen LogP contribution in [-0.4, -0.2) is 54.2 Å². The number of hydrogen-bond donors (Lipinski definition) is 1. The Hall–Kier alpha value is -1.75. The van der Waals surface area contributed by atoms with Crippen LogP contribution in [-0.2, 0) is 6.54 Å². The van der Waals surface area contributed by atoms with Crippen LogP contribution in [0.15, 0.2) is 24.3 Å². The van der Waals surface area contributed by atoms with E-state index in [0.29, 0.717) is 31.2 Å². The standard InChI is InChI=1S/C22H35N3O2/c1-4-27-21-8-6-5-7-19(21)16-25(20-9-10-20)22(26)23-15-18-11-13-24(14-12-18)17(2)3/h5-8,17-18,20H,4,9-16H2,1-3H3,(H,23,26). The van der Waals surface area contributed by atoms with E-state index in [1.54, 1.807) is 0 Å². The smallest absolute Gasteiger partial charge is 0.317 e. The minimum atomic E-state index is 0.0788. The predicted octanol–water partition coefficient (Wildman–Crippen LogP) is 3.88. The highest BCUT2D eigenvalue weighted by Crippen LogP contribution is 2.30. The van der Waals surface area contributed by atoms with Crippen LogP contribution in [0.1, 0.15) is 52.0 Å². The van der Waals surface area contributed by atoms with Crippen LogP contribution < -0.4 is 10.1 Å². The summed E-state index contributed by atoms with van der Waals surface area (Å²) < 4.78 is 5.74. The van der Waals surface area contributed by atoms with Crippen molar-refractivity contribution in [2.75, 3.05) is 26.2 Å². The highest BCUT2D eigenvalue weighted by Gasteiger charge is 2.33. The van der Waals surface area contributed by atoms with E-state index in [0.717, 1.165) is 43.8 Å². The maximum Gasteiger partial charge on any atom is 0.317 e. The van der Waals surface area contributed by atoms with E-state index in [1.165, 1.54) is 12.8 Å². The van der Waals surface area contributed by atoms with Gasteiger partial charge in [-0.1, -0.05) is 18.2 Å². The Bertz CT molecular complexity index is 607. The van der Waals surface area contributed by atoms with Gasteiger partial charge in [0.15, 0.2) is 0 Å². The van der Waals surface area contributed by atoms with Crippen molar-refractivity contribution in [2.45, 2.75) is 65.1 Å². The monoisotopic (exact) mass is 373 g/mol. The summed E-state index contributed by atoms with van der Waals surface area (Å²) in [5, 5.41) is 3.22. The summed E-state index contributed by atoms with van der Waals surface area (Å²) in [5.74, 6) is 1.49. The van der Waals surface area contributed by atoms with Gasteiger partial charge in [0.25, 0.3) is 0 Å². The molecule has 0 bridgehead atoms. The Morgan fingerprint density at radius 3 is 2.56 bits per heavy atom. The van der Waals surface area contributed by atoms with Crippen molar-refractivity contribution < 1.29 is 9.53 Å². The van der Waals surface area contributed by atoms with Gasteiger partial charge in [0.2, 0.25) is 0 Å². The average Bonchev–Trinajstić information content (AvgIpc) is 3.51. The number of para-hydroxylation sites is 1. The lowest BCUT2D eigenvalue weighted by atomic mass is 9.96. The Labute approximate surface area is 164 Å². The lowest BCUT2D eigenvalue weighted by Gasteiger charge is -2.35. The zero-order chi connectivity index (χ0) is 19.2. The third-order valence-electron chi connectivity index (χ3n) is 5.78. The molecule has 3 rings (SSSR count). The molecule has 0 aromatic heterocycles. The number of carbonyl (C=O) groups is 1. The number of hydrogen-bond acceptors (Lipinski definition) is 3. The van der Waals surface area contributed by atoms with Gasteiger partial charge in [-0.2, -0.15) is 0 Å². The summed E-state index contributed by atoms with van der Waals surface area (Å²) in [4.78, 5) is 17.4. The van der Waals surface area contributed by atoms with E-state index in [9.17, 15) is 4.79 Å². The number of benzene rings is 1. The average molecular weight is 374 g/mol. The highest BCUT2D eigenvalue weighted by atomic mass is 16.5. The van der Waals surface area contributed by atoms with E-state index in [4.69, 9.17) is 4.74 Å². The molecule has 1 aromatic rings. The number of nitrogens with zero attached hydrogens (tertiary/aromatic N) is 2. The van der Waals surface area contributed by atoms with Crippen molar-refractivity contribution in [3.63, 3.8) is 0 Å². The Morgan fingerprint density at radius 2 is 1.93 bits per heavy atom. The summed E-state index contributed by atoms with van der Waals surface area (Å²) in [6.45, 7) is 10.9. The van der Waals surface area contributed by atoms with Gasteiger partial charge in [0.1, 0.15) is 5.75 Å². The zero-order valence-electron chi connectivity index (χ0n) is 17.1. The molecule has 1 N–H and O–H groups in total. The fraction of sp³-hybridized carbons (Fsp3) is 0.682. The maximum atomic E-state index is 12.9. The van der Waals surface area contributed by atoms with Gasteiger partial charge >= 0.3 is 6.03 Å². The maximum absolute atomic E-state index is 12.9. The van der Waals surface area contributed by atoms with Gasteiger partial charge in [-0.3, -0.25) is 0 Å². The first-order chi connectivity index (χ1) is 13.1. The van der Waals surface area contributed by atoms with E-state index in [2.05, 4.69) is 30.1 Å². The molecule has 2 aliphatic rings. The number of rotatable bonds is 8. The molecule has 27 heavy (non-hydrogen) atoms. The van der Waals surface area contributed by atoms with Crippen molar-refractivity contribution in [2.24, 2.45) is 5.92 Å². The molecule has 0 spiro atoms. The van der Waals surface area contributed by atoms with Crippen LogP contribution in [0.25, 0.3) is 0 Å². The van der Waals surface area contributed by atoms with Crippen molar-refractivity contribution >= 4 is 6.03 Å². The second-order valence-corrected chi connectivity index (χ2v) is 8.16. The third-order valence-corrected chi connectivity index (χ3v) is 5.78. The first-order valence-corrected chi connectivity index (χ1v) is 10.6. The van der Waals surface area contributed by atoms with Gasteiger partial charge in [0, 0.05) is 24.2 Å². The van der Waals surface area contributed by atoms with Crippen LogP contribution in [0.3, 0.4) is 0 Å². The Balaban J connectivity index is 1.53. The molecular formula is C22H35N3O2. The van der Waals surface area contributed by atoms with Crippen LogP contribution in [0, 0.1) is 5.92 Å². The molecule has 5 heteroatoms. The lowest BCUT2D eigenvalue weighted by molar-refractivity contribution is 0.145. The molecule has 2 amide bonds. The van der Waals surface area contributed by atoms with Crippen molar-refractivity contribution in [3.8, 4) is 5.75 Å². The van der Waals surface area contributed by atoms with Crippen LogP contribution >= 0.6 is 0 Å². The van der Waals surface area contributed by atoms with Gasteiger partial charge in [0.05, 0.1) is 13.2 Å². The molecule has 2 fully saturated rings. The molecule has 0 unspecified atom stereocenters. The number of likely N-dealkylation sites (tertiary alicyclic amines) is 1. The molecule has 0 radical (unpaired) electrons. The lowest BCUT2D eigenvalue weighted by Crippen LogP contribution is -2.45.